The van der Waals surface area contributed by atoms with Gasteiger partial charge in [0.2, 0.25) is 0 Å². The van der Waals surface area contributed by atoms with E-state index in [1.807, 2.05) is 6.08 Å². The van der Waals surface area contributed by atoms with Crippen molar-refractivity contribution in [3.05, 3.63) is 12.7 Å². The van der Waals surface area contributed by atoms with Gasteiger partial charge in [-0.05, 0) is 24.7 Å². The zero-order chi connectivity index (χ0) is 14.5. The molecule has 1 N–H and O–H groups in total. The van der Waals surface area contributed by atoms with Gasteiger partial charge in [0.15, 0.2) is 0 Å². The van der Waals surface area contributed by atoms with Gasteiger partial charge in [-0.15, -0.1) is 6.58 Å². The second-order valence-electron chi connectivity index (χ2n) is 7.41. The number of allylic oxidation sites excluding steroid dienone is 1. The second-order valence-corrected chi connectivity index (χ2v) is 7.41. The molecule has 3 fully saturated rings. The first kappa shape index (κ1) is 14.6. The van der Waals surface area contributed by atoms with E-state index in [4.69, 9.17) is 9.47 Å². The Labute approximate surface area is 122 Å². The van der Waals surface area contributed by atoms with E-state index in [-0.39, 0.29) is 29.8 Å². The molecule has 3 aliphatic rings. The molecule has 0 aromatic heterocycles. The quantitative estimate of drug-likeness (QED) is 0.760. The van der Waals surface area contributed by atoms with Crippen LogP contribution in [0.1, 0.15) is 46.5 Å². The van der Waals surface area contributed by atoms with Crippen molar-refractivity contribution < 1.29 is 14.6 Å². The second kappa shape index (κ2) is 5.11. The summed E-state index contributed by atoms with van der Waals surface area (Å²) in [5.74, 6) is 0.858. The number of fused-ring (bicyclic) bond motifs is 1. The highest BCUT2D eigenvalue weighted by atomic mass is 16.6. The highest BCUT2D eigenvalue weighted by Crippen LogP contribution is 2.62. The van der Waals surface area contributed by atoms with Crippen molar-refractivity contribution in [1.29, 1.82) is 0 Å². The van der Waals surface area contributed by atoms with E-state index >= 15 is 0 Å². The van der Waals surface area contributed by atoms with E-state index < -0.39 is 0 Å². The standard InChI is InChI=1S/C17H28O3/c1-5-7-8-10-14-12-11(15(12)20-14)13(18)16(19-10)17(3,4)9-6-2/h5,10-16,18H,1,6-9H2,2-4H3. The molecule has 20 heavy (non-hydrogen) atoms. The van der Waals surface area contributed by atoms with Crippen LogP contribution in [-0.2, 0) is 9.47 Å². The average molecular weight is 280 g/mol. The summed E-state index contributed by atoms with van der Waals surface area (Å²) >= 11 is 0. The molecule has 1 aliphatic carbocycles. The molecule has 114 valence electrons. The molecule has 3 nitrogen and oxygen atoms in total. The van der Waals surface area contributed by atoms with E-state index in [1.54, 1.807) is 0 Å². The predicted molar refractivity (Wildman–Crippen MR) is 78.4 cm³/mol. The van der Waals surface area contributed by atoms with Gasteiger partial charge >= 0.3 is 0 Å². The third-order valence-electron chi connectivity index (χ3n) is 5.47. The molecule has 2 heterocycles. The molecule has 0 amide bonds. The minimum atomic E-state index is -0.370. The molecule has 0 radical (unpaired) electrons. The van der Waals surface area contributed by atoms with Crippen molar-refractivity contribution >= 4 is 0 Å². The highest BCUT2D eigenvalue weighted by molar-refractivity contribution is 5.19. The van der Waals surface area contributed by atoms with Gasteiger partial charge in [0, 0.05) is 11.8 Å². The fraction of sp³-hybridized carbons (Fsp3) is 0.882. The summed E-state index contributed by atoms with van der Waals surface area (Å²) in [4.78, 5) is 0. The molecular formula is C17H28O3. The van der Waals surface area contributed by atoms with Crippen molar-refractivity contribution in [1.82, 2.24) is 0 Å². The molecule has 2 aliphatic heterocycles. The first-order valence-corrected chi connectivity index (χ1v) is 8.11. The summed E-state index contributed by atoms with van der Waals surface area (Å²) in [7, 11) is 0. The Bertz CT molecular complexity index is 378. The van der Waals surface area contributed by atoms with Gasteiger partial charge in [-0.2, -0.15) is 0 Å². The third kappa shape index (κ3) is 2.15. The Morgan fingerprint density at radius 1 is 1.20 bits per heavy atom. The van der Waals surface area contributed by atoms with Crippen LogP contribution in [0.3, 0.4) is 0 Å². The van der Waals surface area contributed by atoms with Gasteiger partial charge < -0.3 is 14.6 Å². The minimum Gasteiger partial charge on any atom is -0.390 e. The minimum absolute atomic E-state index is 0.0184. The van der Waals surface area contributed by atoms with Crippen molar-refractivity contribution in [2.75, 3.05) is 0 Å². The zero-order valence-corrected chi connectivity index (χ0v) is 12.9. The Balaban J connectivity index is 1.77. The summed E-state index contributed by atoms with van der Waals surface area (Å²) in [6.45, 7) is 10.4. The molecule has 3 rings (SSSR count). The number of aliphatic hydroxyl groups is 1. The molecule has 7 atom stereocenters. The SMILES string of the molecule is C=CCCC1OC(C(C)(C)CCC)C(O)C2C3OC1C32. The topological polar surface area (TPSA) is 38.7 Å². The molecule has 0 aromatic rings. The number of hydrogen-bond donors (Lipinski definition) is 1. The molecule has 2 saturated heterocycles. The monoisotopic (exact) mass is 280 g/mol. The van der Waals surface area contributed by atoms with Gasteiger partial charge in [0.05, 0.1) is 30.5 Å². The van der Waals surface area contributed by atoms with Crippen molar-refractivity contribution in [2.45, 2.75) is 77.0 Å². The molecule has 1 saturated carbocycles. The number of hydrogen-bond acceptors (Lipinski definition) is 3. The van der Waals surface area contributed by atoms with Crippen LogP contribution in [0.2, 0.25) is 0 Å². The van der Waals surface area contributed by atoms with Gasteiger partial charge in [-0.25, -0.2) is 0 Å². The first-order valence-electron chi connectivity index (χ1n) is 8.11. The smallest absolute Gasteiger partial charge is 0.0898 e. The molecule has 0 bridgehead atoms. The molecule has 7 unspecified atom stereocenters. The first-order chi connectivity index (χ1) is 9.51. The Hall–Kier alpha value is -0.380. The van der Waals surface area contributed by atoms with E-state index in [2.05, 4.69) is 27.4 Å². The van der Waals surface area contributed by atoms with Crippen LogP contribution < -0.4 is 0 Å². The number of aliphatic hydroxyl groups excluding tert-OH is 1. The van der Waals surface area contributed by atoms with Crippen LogP contribution in [0.5, 0.6) is 0 Å². The average Bonchev–Trinajstić information content (AvgIpc) is 2.96. The van der Waals surface area contributed by atoms with E-state index in [1.165, 1.54) is 0 Å². The fourth-order valence-electron chi connectivity index (χ4n) is 4.35. The summed E-state index contributed by atoms with van der Waals surface area (Å²) in [5, 5.41) is 10.7. The van der Waals surface area contributed by atoms with Crippen molar-refractivity contribution in [3.8, 4) is 0 Å². The fourth-order valence-corrected chi connectivity index (χ4v) is 4.35. The lowest BCUT2D eigenvalue weighted by Crippen LogP contribution is -2.49. The number of ether oxygens (including phenoxy) is 2. The maximum Gasteiger partial charge on any atom is 0.0898 e. The largest absolute Gasteiger partial charge is 0.390 e. The van der Waals surface area contributed by atoms with Crippen molar-refractivity contribution in [3.63, 3.8) is 0 Å². The maximum absolute atomic E-state index is 10.7. The van der Waals surface area contributed by atoms with Gasteiger partial charge in [0.1, 0.15) is 0 Å². The normalized spacial score (nSPS) is 46.1. The number of rotatable bonds is 6. The lowest BCUT2D eigenvalue weighted by Gasteiger charge is -2.42. The lowest BCUT2D eigenvalue weighted by atomic mass is 9.78. The van der Waals surface area contributed by atoms with Crippen LogP contribution in [0.4, 0.5) is 0 Å². The van der Waals surface area contributed by atoms with Crippen molar-refractivity contribution in [2.24, 2.45) is 17.3 Å². The lowest BCUT2D eigenvalue weighted by molar-refractivity contribution is -0.205. The van der Waals surface area contributed by atoms with Crippen LogP contribution in [0.25, 0.3) is 0 Å². The van der Waals surface area contributed by atoms with Crippen LogP contribution in [-0.4, -0.2) is 35.6 Å². The Morgan fingerprint density at radius 2 is 1.95 bits per heavy atom. The molecular weight excluding hydrogens is 252 g/mol. The van der Waals surface area contributed by atoms with Gasteiger partial charge in [-0.1, -0.05) is 33.3 Å². The highest BCUT2D eigenvalue weighted by Gasteiger charge is 2.72. The predicted octanol–water partition coefficient (Wildman–Crippen LogP) is 2.92. The summed E-state index contributed by atoms with van der Waals surface area (Å²) in [6, 6.07) is 0. The van der Waals surface area contributed by atoms with E-state index in [0.717, 1.165) is 25.7 Å². The zero-order valence-electron chi connectivity index (χ0n) is 12.9. The van der Waals surface area contributed by atoms with Gasteiger partial charge in [-0.3, -0.25) is 0 Å². The van der Waals surface area contributed by atoms with E-state index in [0.29, 0.717) is 17.9 Å². The van der Waals surface area contributed by atoms with Crippen LogP contribution in [0, 0.1) is 17.3 Å². The molecule has 3 heteroatoms. The van der Waals surface area contributed by atoms with Crippen LogP contribution in [0.15, 0.2) is 12.7 Å². The van der Waals surface area contributed by atoms with Gasteiger partial charge in [0.25, 0.3) is 0 Å². The third-order valence-corrected chi connectivity index (χ3v) is 5.47. The maximum atomic E-state index is 10.7. The summed E-state index contributed by atoms with van der Waals surface area (Å²) in [5.41, 5.74) is 0.0184. The Morgan fingerprint density at radius 3 is 2.60 bits per heavy atom. The molecule has 0 spiro atoms. The van der Waals surface area contributed by atoms with Crippen LogP contribution >= 0.6 is 0 Å². The molecule has 0 aromatic carbocycles. The summed E-state index contributed by atoms with van der Waals surface area (Å²) in [6.07, 6.45) is 6.25. The Kier molecular flexibility index (Phi) is 3.72. The summed E-state index contributed by atoms with van der Waals surface area (Å²) < 4.78 is 12.3. The van der Waals surface area contributed by atoms with E-state index in [9.17, 15) is 5.11 Å².